The van der Waals surface area contributed by atoms with E-state index in [9.17, 15) is 8.42 Å². The number of hydrogen-bond acceptors (Lipinski definition) is 5. The molecule has 0 amide bonds. The molecule has 0 saturated heterocycles. The SMILES string of the molecule is CSCC(C)N(C)CCS(=O)(=O)c1cccc(C(N)=S)c1. The molecule has 7 heteroatoms. The van der Waals surface area contributed by atoms with Crippen LogP contribution in [0.2, 0.25) is 0 Å². The van der Waals surface area contributed by atoms with Gasteiger partial charge in [0.25, 0.3) is 0 Å². The molecule has 1 unspecified atom stereocenters. The molecule has 0 spiro atoms. The molecule has 4 nitrogen and oxygen atoms in total. The fraction of sp³-hybridized carbons (Fsp3) is 0.500. The lowest BCUT2D eigenvalue weighted by Crippen LogP contribution is -2.35. The van der Waals surface area contributed by atoms with E-state index in [4.69, 9.17) is 18.0 Å². The third-order valence-corrected chi connectivity index (χ3v) is 6.09. The van der Waals surface area contributed by atoms with Gasteiger partial charge in [0, 0.05) is 23.9 Å². The number of nitrogens with zero attached hydrogens (tertiary/aromatic N) is 1. The standard InChI is InChI=1S/C14H22N2O2S3/c1-11(10-20-3)16(2)7-8-21(17,18)13-6-4-5-12(9-13)14(15)19/h4-6,9,11H,7-8,10H2,1-3H3,(H2,15,19). The molecular weight excluding hydrogens is 324 g/mol. The third kappa shape index (κ3) is 5.58. The number of benzene rings is 1. The summed E-state index contributed by atoms with van der Waals surface area (Å²) in [5.74, 6) is 1.07. The Hall–Kier alpha value is -0.630. The van der Waals surface area contributed by atoms with Crippen molar-refractivity contribution in [2.45, 2.75) is 17.9 Å². The molecule has 0 bridgehead atoms. The highest BCUT2D eigenvalue weighted by Gasteiger charge is 2.18. The molecule has 118 valence electrons. The molecule has 1 aromatic carbocycles. The van der Waals surface area contributed by atoms with Crippen LogP contribution in [0.15, 0.2) is 29.2 Å². The van der Waals surface area contributed by atoms with Crippen LogP contribution >= 0.6 is 24.0 Å². The molecule has 0 aliphatic carbocycles. The Morgan fingerprint density at radius 3 is 2.71 bits per heavy atom. The molecule has 0 radical (unpaired) electrons. The Morgan fingerprint density at radius 1 is 1.48 bits per heavy atom. The normalized spacial score (nSPS) is 13.3. The van der Waals surface area contributed by atoms with E-state index in [0.717, 1.165) is 5.75 Å². The van der Waals surface area contributed by atoms with E-state index in [1.165, 1.54) is 0 Å². The Bertz CT molecular complexity index is 588. The summed E-state index contributed by atoms with van der Waals surface area (Å²) in [4.78, 5) is 2.54. The average molecular weight is 347 g/mol. The topological polar surface area (TPSA) is 63.4 Å². The lowest BCUT2D eigenvalue weighted by atomic mass is 10.2. The zero-order valence-corrected chi connectivity index (χ0v) is 15.0. The lowest BCUT2D eigenvalue weighted by Gasteiger charge is -2.23. The van der Waals surface area contributed by atoms with Crippen LogP contribution in [0.1, 0.15) is 12.5 Å². The summed E-state index contributed by atoms with van der Waals surface area (Å²) in [6.45, 7) is 2.60. The fourth-order valence-electron chi connectivity index (χ4n) is 1.81. The summed E-state index contributed by atoms with van der Waals surface area (Å²) >= 11 is 6.64. The third-order valence-electron chi connectivity index (χ3n) is 3.35. The van der Waals surface area contributed by atoms with Crippen molar-refractivity contribution in [2.75, 3.05) is 31.4 Å². The lowest BCUT2D eigenvalue weighted by molar-refractivity contribution is 0.294. The molecule has 0 heterocycles. The second-order valence-corrected chi connectivity index (χ2v) is 8.46. The highest BCUT2D eigenvalue weighted by molar-refractivity contribution is 7.98. The van der Waals surface area contributed by atoms with E-state index < -0.39 is 9.84 Å². The number of thioether (sulfide) groups is 1. The number of thiocarbonyl (C=S) groups is 1. The number of hydrogen-bond donors (Lipinski definition) is 1. The van der Waals surface area contributed by atoms with Crippen molar-refractivity contribution in [3.8, 4) is 0 Å². The first-order chi connectivity index (χ1) is 9.77. The summed E-state index contributed by atoms with van der Waals surface area (Å²) in [6.07, 6.45) is 2.04. The monoisotopic (exact) mass is 346 g/mol. The van der Waals surface area contributed by atoms with Gasteiger partial charge in [-0.1, -0.05) is 24.4 Å². The minimum atomic E-state index is -3.32. The molecule has 0 fully saturated rings. The first kappa shape index (κ1) is 18.4. The molecule has 1 aromatic rings. The molecule has 0 aliphatic heterocycles. The van der Waals surface area contributed by atoms with E-state index in [1.807, 2.05) is 13.3 Å². The van der Waals surface area contributed by atoms with Crippen molar-refractivity contribution in [3.63, 3.8) is 0 Å². The van der Waals surface area contributed by atoms with Crippen LogP contribution in [-0.2, 0) is 9.84 Å². The van der Waals surface area contributed by atoms with Gasteiger partial charge in [0.2, 0.25) is 0 Å². The molecule has 0 saturated carbocycles. The molecule has 0 aliphatic rings. The number of nitrogens with two attached hydrogens (primary N) is 1. The Morgan fingerprint density at radius 2 is 2.14 bits per heavy atom. The van der Waals surface area contributed by atoms with Gasteiger partial charge in [0.15, 0.2) is 9.84 Å². The van der Waals surface area contributed by atoms with Gasteiger partial charge in [-0.2, -0.15) is 11.8 Å². The summed E-state index contributed by atoms with van der Waals surface area (Å²) in [5.41, 5.74) is 6.13. The van der Waals surface area contributed by atoms with E-state index in [0.29, 0.717) is 18.2 Å². The zero-order chi connectivity index (χ0) is 16.0. The van der Waals surface area contributed by atoms with Crippen LogP contribution in [0.4, 0.5) is 0 Å². The second-order valence-electron chi connectivity index (χ2n) is 5.00. The van der Waals surface area contributed by atoms with E-state index in [1.54, 1.807) is 36.0 Å². The summed E-state index contributed by atoms with van der Waals surface area (Å²) in [6, 6.07) is 6.86. The quantitative estimate of drug-likeness (QED) is 0.724. The van der Waals surface area contributed by atoms with Crippen LogP contribution in [-0.4, -0.2) is 55.7 Å². The van der Waals surface area contributed by atoms with Crippen molar-refractivity contribution in [2.24, 2.45) is 5.73 Å². The average Bonchev–Trinajstić information content (AvgIpc) is 2.45. The van der Waals surface area contributed by atoms with Crippen molar-refractivity contribution in [1.82, 2.24) is 4.90 Å². The summed E-state index contributed by atoms with van der Waals surface area (Å²) in [5, 5.41) is 0. The van der Waals surface area contributed by atoms with Gasteiger partial charge in [-0.05, 0) is 32.4 Å². The summed E-state index contributed by atoms with van der Waals surface area (Å²) < 4.78 is 24.8. The zero-order valence-electron chi connectivity index (χ0n) is 12.6. The maximum Gasteiger partial charge on any atom is 0.179 e. The summed E-state index contributed by atoms with van der Waals surface area (Å²) in [7, 11) is -1.38. The number of sulfone groups is 1. The maximum absolute atomic E-state index is 12.4. The second kappa shape index (κ2) is 8.12. The predicted octanol–water partition coefficient (Wildman–Crippen LogP) is 1.78. The minimum Gasteiger partial charge on any atom is -0.389 e. The Balaban J connectivity index is 2.78. The number of rotatable bonds is 8. The Kier molecular flexibility index (Phi) is 7.12. The Labute approximate surface area is 137 Å². The van der Waals surface area contributed by atoms with Gasteiger partial charge in [0.05, 0.1) is 10.6 Å². The maximum atomic E-state index is 12.4. The molecule has 2 N–H and O–H groups in total. The van der Waals surface area contributed by atoms with Crippen molar-refractivity contribution >= 4 is 38.8 Å². The minimum absolute atomic E-state index is 0.0863. The van der Waals surface area contributed by atoms with Crippen LogP contribution in [0.3, 0.4) is 0 Å². The van der Waals surface area contributed by atoms with Gasteiger partial charge in [-0.3, -0.25) is 0 Å². The van der Waals surface area contributed by atoms with E-state index in [2.05, 4.69) is 11.8 Å². The highest BCUT2D eigenvalue weighted by atomic mass is 32.2. The molecule has 0 aromatic heterocycles. The first-order valence-corrected chi connectivity index (χ1v) is 10.0. The van der Waals surface area contributed by atoms with Crippen LogP contribution in [0, 0.1) is 0 Å². The van der Waals surface area contributed by atoms with Gasteiger partial charge in [-0.15, -0.1) is 0 Å². The highest BCUT2D eigenvalue weighted by Crippen LogP contribution is 2.14. The van der Waals surface area contributed by atoms with Gasteiger partial charge >= 0.3 is 0 Å². The van der Waals surface area contributed by atoms with Gasteiger partial charge in [0.1, 0.15) is 4.99 Å². The van der Waals surface area contributed by atoms with Crippen LogP contribution in [0.25, 0.3) is 0 Å². The molecular formula is C14H22N2O2S3. The van der Waals surface area contributed by atoms with E-state index >= 15 is 0 Å². The fourth-order valence-corrected chi connectivity index (χ4v) is 4.03. The molecule has 1 rings (SSSR count). The molecule has 21 heavy (non-hydrogen) atoms. The van der Waals surface area contributed by atoms with Crippen LogP contribution in [0.5, 0.6) is 0 Å². The van der Waals surface area contributed by atoms with Gasteiger partial charge < -0.3 is 10.6 Å². The smallest absolute Gasteiger partial charge is 0.179 e. The first-order valence-electron chi connectivity index (χ1n) is 6.59. The van der Waals surface area contributed by atoms with Gasteiger partial charge in [-0.25, -0.2) is 8.42 Å². The van der Waals surface area contributed by atoms with E-state index in [-0.39, 0.29) is 15.6 Å². The largest absolute Gasteiger partial charge is 0.389 e. The van der Waals surface area contributed by atoms with Crippen molar-refractivity contribution < 1.29 is 8.42 Å². The predicted molar refractivity (Wildman–Crippen MR) is 94.9 cm³/mol. The van der Waals surface area contributed by atoms with Crippen molar-refractivity contribution in [1.29, 1.82) is 0 Å². The molecule has 1 atom stereocenters. The van der Waals surface area contributed by atoms with Crippen molar-refractivity contribution in [3.05, 3.63) is 29.8 Å². The van der Waals surface area contributed by atoms with Crippen LogP contribution < -0.4 is 5.73 Å².